The number of hydrogen-bond donors (Lipinski definition) is 1. The lowest BCUT2D eigenvalue weighted by Gasteiger charge is -2.33. The number of ether oxygens (including phenoxy) is 1. The van der Waals surface area contributed by atoms with Crippen molar-refractivity contribution in [3.8, 4) is 0 Å². The third kappa shape index (κ3) is 4.20. The molecule has 1 aromatic heterocycles. The van der Waals surface area contributed by atoms with Gasteiger partial charge in [0.05, 0.1) is 30.8 Å². The lowest BCUT2D eigenvalue weighted by molar-refractivity contribution is -0.118. The summed E-state index contributed by atoms with van der Waals surface area (Å²) < 4.78 is 4.71. The molecule has 1 fully saturated rings. The quantitative estimate of drug-likeness (QED) is 0.614. The lowest BCUT2D eigenvalue weighted by atomic mass is 10.1. The van der Waals surface area contributed by atoms with E-state index in [0.717, 1.165) is 6.41 Å². The van der Waals surface area contributed by atoms with Crippen LogP contribution in [0.25, 0.3) is 0 Å². The van der Waals surface area contributed by atoms with E-state index in [-0.39, 0.29) is 11.3 Å². The Hall–Kier alpha value is -3.49. The number of rotatable bonds is 5. The van der Waals surface area contributed by atoms with Crippen molar-refractivity contribution in [2.75, 3.05) is 43.5 Å². The van der Waals surface area contributed by atoms with Crippen molar-refractivity contribution in [2.45, 2.75) is 0 Å². The van der Waals surface area contributed by atoms with Crippen LogP contribution in [0, 0.1) is 0 Å². The molecule has 1 saturated heterocycles. The number of hydrogen-bond acceptors (Lipinski definition) is 7. The zero-order valence-electron chi connectivity index (χ0n) is 14.8. The predicted octanol–water partition coefficient (Wildman–Crippen LogP) is 0.794. The first-order chi connectivity index (χ1) is 13.1. The number of carbonyl (C=O) groups excluding carboxylic acids is 3. The number of piperazine rings is 1. The topological polar surface area (TPSA) is 105 Å². The molecular weight excluding hydrogens is 350 g/mol. The van der Waals surface area contributed by atoms with Gasteiger partial charge in [-0.1, -0.05) is 12.1 Å². The van der Waals surface area contributed by atoms with Crippen molar-refractivity contribution in [3.05, 3.63) is 47.9 Å². The third-order valence-electron chi connectivity index (χ3n) is 4.24. The molecule has 1 aliphatic rings. The zero-order chi connectivity index (χ0) is 19.2. The lowest BCUT2D eigenvalue weighted by Crippen LogP contribution is -2.46. The number of amides is 2. The summed E-state index contributed by atoms with van der Waals surface area (Å²) in [5.74, 6) is -0.370. The van der Waals surface area contributed by atoms with E-state index in [0.29, 0.717) is 37.7 Å². The number of nitrogens with one attached hydrogen (secondary N) is 1. The summed E-state index contributed by atoms with van der Waals surface area (Å²) in [6.07, 6.45) is 3.75. The molecule has 9 heteroatoms. The van der Waals surface area contributed by atoms with E-state index in [1.807, 2.05) is 4.90 Å². The Balaban J connectivity index is 1.68. The highest BCUT2D eigenvalue weighted by Gasteiger charge is 2.19. The van der Waals surface area contributed by atoms with Crippen molar-refractivity contribution < 1.29 is 19.1 Å². The van der Waals surface area contributed by atoms with Gasteiger partial charge in [-0.2, -0.15) is 0 Å². The molecule has 9 nitrogen and oxygen atoms in total. The number of methoxy groups -OCH3 is 1. The molecule has 2 heterocycles. The molecule has 2 aromatic rings. The Morgan fingerprint density at radius 2 is 1.85 bits per heavy atom. The fraction of sp³-hybridized carbons (Fsp3) is 0.278. The first kappa shape index (κ1) is 18.3. The van der Waals surface area contributed by atoms with Crippen LogP contribution < -0.4 is 10.2 Å². The van der Waals surface area contributed by atoms with Gasteiger partial charge in [-0.25, -0.2) is 14.8 Å². The van der Waals surface area contributed by atoms with Crippen LogP contribution in [-0.4, -0.2) is 66.4 Å². The monoisotopic (exact) mass is 369 g/mol. The summed E-state index contributed by atoms with van der Waals surface area (Å²) in [4.78, 5) is 47.1. The van der Waals surface area contributed by atoms with Gasteiger partial charge >= 0.3 is 5.97 Å². The average molecular weight is 369 g/mol. The average Bonchev–Trinajstić information content (AvgIpc) is 2.73. The van der Waals surface area contributed by atoms with Gasteiger partial charge in [0, 0.05) is 26.2 Å². The van der Waals surface area contributed by atoms with Crippen molar-refractivity contribution in [2.24, 2.45) is 0 Å². The Labute approximate surface area is 156 Å². The van der Waals surface area contributed by atoms with Crippen molar-refractivity contribution in [3.63, 3.8) is 0 Å². The SMILES string of the molecule is COC(=O)c1ccccc1NC(=O)c1cnc(N2CCN(C=O)CC2)cn1. The molecule has 0 aliphatic carbocycles. The standard InChI is InChI=1S/C18H19N5O4/c1-27-18(26)13-4-2-3-5-14(13)21-17(25)15-10-20-16(11-19-15)23-8-6-22(12-24)7-9-23/h2-5,10-12H,6-9H2,1H3,(H,21,25). The summed E-state index contributed by atoms with van der Waals surface area (Å²) in [5, 5.41) is 2.65. The van der Waals surface area contributed by atoms with E-state index in [9.17, 15) is 14.4 Å². The Kier molecular flexibility index (Phi) is 5.60. The Morgan fingerprint density at radius 1 is 1.11 bits per heavy atom. The minimum Gasteiger partial charge on any atom is -0.465 e. The normalized spacial score (nSPS) is 13.8. The van der Waals surface area contributed by atoms with Crippen LogP contribution in [0.1, 0.15) is 20.8 Å². The fourth-order valence-electron chi connectivity index (χ4n) is 2.72. The smallest absolute Gasteiger partial charge is 0.339 e. The molecule has 0 bridgehead atoms. The van der Waals surface area contributed by atoms with Gasteiger partial charge in [-0.15, -0.1) is 0 Å². The van der Waals surface area contributed by atoms with Gasteiger partial charge < -0.3 is 19.9 Å². The minimum absolute atomic E-state index is 0.130. The molecule has 0 saturated carbocycles. The maximum Gasteiger partial charge on any atom is 0.339 e. The highest BCUT2D eigenvalue weighted by molar-refractivity contribution is 6.06. The van der Waals surface area contributed by atoms with E-state index in [4.69, 9.17) is 4.74 Å². The molecule has 1 aromatic carbocycles. The maximum atomic E-state index is 12.4. The van der Waals surface area contributed by atoms with Crippen LogP contribution in [0.4, 0.5) is 11.5 Å². The molecule has 2 amide bonds. The van der Waals surface area contributed by atoms with Gasteiger partial charge in [0.15, 0.2) is 0 Å². The molecular formula is C18H19N5O4. The predicted molar refractivity (Wildman–Crippen MR) is 97.6 cm³/mol. The summed E-state index contributed by atoms with van der Waals surface area (Å²) >= 11 is 0. The van der Waals surface area contributed by atoms with Crippen LogP contribution in [-0.2, 0) is 9.53 Å². The second kappa shape index (κ2) is 8.26. The summed E-state index contributed by atoms with van der Waals surface area (Å²) in [5.41, 5.74) is 0.723. The van der Waals surface area contributed by atoms with Gasteiger partial charge in [-0.3, -0.25) is 9.59 Å². The van der Waals surface area contributed by atoms with E-state index in [1.54, 1.807) is 29.2 Å². The Morgan fingerprint density at radius 3 is 2.48 bits per heavy atom. The largest absolute Gasteiger partial charge is 0.465 e. The zero-order valence-corrected chi connectivity index (χ0v) is 14.8. The van der Waals surface area contributed by atoms with E-state index < -0.39 is 11.9 Å². The molecule has 0 unspecified atom stereocenters. The van der Waals surface area contributed by atoms with Crippen molar-refractivity contribution in [1.82, 2.24) is 14.9 Å². The van der Waals surface area contributed by atoms with Gasteiger partial charge in [-0.05, 0) is 12.1 Å². The summed E-state index contributed by atoms with van der Waals surface area (Å²) in [6, 6.07) is 6.56. The van der Waals surface area contributed by atoms with Gasteiger partial charge in [0.2, 0.25) is 6.41 Å². The second-order valence-electron chi connectivity index (χ2n) is 5.88. The van der Waals surface area contributed by atoms with Crippen molar-refractivity contribution in [1.29, 1.82) is 0 Å². The molecule has 3 rings (SSSR count). The number of anilines is 2. The van der Waals surface area contributed by atoms with Crippen LogP contribution in [0.5, 0.6) is 0 Å². The number of para-hydroxylation sites is 1. The van der Waals surface area contributed by atoms with Crippen molar-refractivity contribution >= 4 is 29.8 Å². The number of aromatic nitrogens is 2. The molecule has 140 valence electrons. The first-order valence-corrected chi connectivity index (χ1v) is 8.37. The molecule has 1 N–H and O–H groups in total. The minimum atomic E-state index is -0.540. The van der Waals surface area contributed by atoms with E-state index >= 15 is 0 Å². The maximum absolute atomic E-state index is 12.4. The number of carbonyl (C=O) groups is 3. The molecule has 0 atom stereocenters. The van der Waals surface area contributed by atoms with Crippen LogP contribution in [0.15, 0.2) is 36.7 Å². The molecule has 1 aliphatic heterocycles. The fourth-order valence-corrected chi connectivity index (χ4v) is 2.72. The van der Waals surface area contributed by atoms with Gasteiger partial charge in [0.1, 0.15) is 11.5 Å². The molecule has 27 heavy (non-hydrogen) atoms. The number of nitrogens with zero attached hydrogens (tertiary/aromatic N) is 4. The summed E-state index contributed by atoms with van der Waals surface area (Å²) in [6.45, 7) is 2.56. The number of benzene rings is 1. The van der Waals surface area contributed by atoms with E-state index in [1.165, 1.54) is 19.5 Å². The van der Waals surface area contributed by atoms with Crippen LogP contribution >= 0.6 is 0 Å². The highest BCUT2D eigenvalue weighted by atomic mass is 16.5. The third-order valence-corrected chi connectivity index (χ3v) is 4.24. The Bertz CT molecular complexity index is 832. The van der Waals surface area contributed by atoms with E-state index in [2.05, 4.69) is 15.3 Å². The molecule has 0 radical (unpaired) electrons. The van der Waals surface area contributed by atoms with Gasteiger partial charge in [0.25, 0.3) is 5.91 Å². The first-order valence-electron chi connectivity index (χ1n) is 8.37. The molecule has 0 spiro atoms. The highest BCUT2D eigenvalue weighted by Crippen LogP contribution is 2.17. The van der Waals surface area contributed by atoms with Crippen LogP contribution in [0.3, 0.4) is 0 Å². The summed E-state index contributed by atoms with van der Waals surface area (Å²) in [7, 11) is 1.28. The second-order valence-corrected chi connectivity index (χ2v) is 5.88. The van der Waals surface area contributed by atoms with Crippen LogP contribution in [0.2, 0.25) is 0 Å². The number of esters is 1.